The van der Waals surface area contributed by atoms with Crippen LogP contribution in [0.4, 0.5) is 14.5 Å². The van der Waals surface area contributed by atoms with E-state index in [4.69, 9.17) is 5.73 Å². The number of thiazole rings is 1. The number of hydrogen-bond acceptors (Lipinski definition) is 3. The highest BCUT2D eigenvalue weighted by Crippen LogP contribution is 2.26. The number of halogens is 2. The molecule has 3 aromatic rings. The van der Waals surface area contributed by atoms with E-state index in [-0.39, 0.29) is 0 Å². The summed E-state index contributed by atoms with van der Waals surface area (Å²) in [4.78, 5) is 4.41. The minimum absolute atomic E-state index is 0.316. The van der Waals surface area contributed by atoms with Crippen molar-refractivity contribution in [1.29, 1.82) is 0 Å². The molecule has 0 saturated heterocycles. The van der Waals surface area contributed by atoms with Gasteiger partial charge in [0.05, 0.1) is 10.7 Å². The molecular weight excluding hydrogens is 290 g/mol. The zero-order valence-electron chi connectivity index (χ0n) is 11.0. The van der Waals surface area contributed by atoms with Crippen LogP contribution in [0.5, 0.6) is 0 Å². The highest BCUT2D eigenvalue weighted by molar-refractivity contribution is 7.10. The Labute approximate surface area is 124 Å². The van der Waals surface area contributed by atoms with Gasteiger partial charge in [-0.1, -0.05) is 12.1 Å². The van der Waals surface area contributed by atoms with Crippen molar-refractivity contribution in [2.24, 2.45) is 0 Å². The highest BCUT2D eigenvalue weighted by atomic mass is 32.1. The lowest BCUT2D eigenvalue weighted by Crippen LogP contribution is -1.90. The predicted molar refractivity (Wildman–Crippen MR) is 81.1 cm³/mol. The Morgan fingerprint density at radius 3 is 2.52 bits per heavy atom. The van der Waals surface area contributed by atoms with Gasteiger partial charge in [-0.2, -0.15) is 0 Å². The summed E-state index contributed by atoms with van der Waals surface area (Å²) in [6.07, 6.45) is 0.660. The van der Waals surface area contributed by atoms with Crippen molar-refractivity contribution in [3.05, 3.63) is 70.1 Å². The molecule has 5 heteroatoms. The molecule has 0 aliphatic rings. The molecule has 21 heavy (non-hydrogen) atoms. The second-order valence-electron chi connectivity index (χ2n) is 4.67. The van der Waals surface area contributed by atoms with Crippen molar-refractivity contribution < 1.29 is 8.78 Å². The number of nitrogens with zero attached hydrogens (tertiary/aromatic N) is 1. The number of nitrogens with two attached hydrogens (primary N) is 1. The number of benzene rings is 2. The molecule has 3 rings (SSSR count). The van der Waals surface area contributed by atoms with Crippen LogP contribution in [0.3, 0.4) is 0 Å². The van der Waals surface area contributed by atoms with Crippen LogP contribution in [0.1, 0.15) is 10.6 Å². The number of aromatic nitrogens is 1. The highest BCUT2D eigenvalue weighted by Gasteiger charge is 2.10. The Bertz CT molecular complexity index is 766. The summed E-state index contributed by atoms with van der Waals surface area (Å²) in [6.45, 7) is 0. The SMILES string of the molecule is Nc1ccc(Cc2nc(-c3ccc(F)cc3F)cs2)cc1. The third-order valence-corrected chi connectivity index (χ3v) is 3.94. The Balaban J connectivity index is 1.84. The number of anilines is 1. The van der Waals surface area contributed by atoms with E-state index >= 15 is 0 Å². The van der Waals surface area contributed by atoms with Crippen molar-refractivity contribution >= 4 is 17.0 Å². The lowest BCUT2D eigenvalue weighted by atomic mass is 10.1. The van der Waals surface area contributed by atoms with E-state index in [1.807, 2.05) is 24.3 Å². The van der Waals surface area contributed by atoms with Crippen LogP contribution in [0.2, 0.25) is 0 Å². The fourth-order valence-electron chi connectivity index (χ4n) is 2.02. The first kappa shape index (κ1) is 13.7. The van der Waals surface area contributed by atoms with Gasteiger partial charge in [0.1, 0.15) is 11.6 Å². The first-order valence-corrected chi connectivity index (χ1v) is 7.24. The largest absolute Gasteiger partial charge is 0.399 e. The van der Waals surface area contributed by atoms with Crippen LogP contribution in [-0.2, 0) is 6.42 Å². The van der Waals surface area contributed by atoms with Crippen molar-refractivity contribution in [3.63, 3.8) is 0 Å². The third-order valence-electron chi connectivity index (χ3n) is 3.09. The van der Waals surface area contributed by atoms with Gasteiger partial charge in [0.15, 0.2) is 0 Å². The first-order valence-electron chi connectivity index (χ1n) is 6.36. The van der Waals surface area contributed by atoms with Crippen LogP contribution in [0, 0.1) is 11.6 Å². The van der Waals surface area contributed by atoms with Crippen molar-refractivity contribution in [2.75, 3.05) is 5.73 Å². The van der Waals surface area contributed by atoms with Crippen LogP contribution in [0.15, 0.2) is 47.8 Å². The average Bonchev–Trinajstić information content (AvgIpc) is 2.90. The quantitative estimate of drug-likeness (QED) is 0.734. The molecule has 0 aliphatic heterocycles. The topological polar surface area (TPSA) is 38.9 Å². The fraction of sp³-hybridized carbons (Fsp3) is 0.0625. The molecule has 0 saturated carbocycles. The maximum atomic E-state index is 13.7. The summed E-state index contributed by atoms with van der Waals surface area (Å²) >= 11 is 1.45. The molecule has 2 nitrogen and oxygen atoms in total. The van der Waals surface area contributed by atoms with Gasteiger partial charge in [-0.05, 0) is 29.8 Å². The molecule has 0 radical (unpaired) electrons. The number of nitrogen functional groups attached to an aromatic ring is 1. The summed E-state index contributed by atoms with van der Waals surface area (Å²) in [6, 6.07) is 11.1. The predicted octanol–water partition coefficient (Wildman–Crippen LogP) is 4.26. The monoisotopic (exact) mass is 302 g/mol. The maximum absolute atomic E-state index is 13.7. The van der Waals surface area contributed by atoms with E-state index in [2.05, 4.69) is 4.98 Å². The summed E-state index contributed by atoms with van der Waals surface area (Å²) in [5, 5.41) is 2.65. The number of hydrogen-bond donors (Lipinski definition) is 1. The minimum atomic E-state index is -0.598. The molecule has 106 valence electrons. The molecule has 0 aliphatic carbocycles. The Kier molecular flexibility index (Phi) is 3.66. The van der Waals surface area contributed by atoms with Crippen LogP contribution in [-0.4, -0.2) is 4.98 Å². The van der Waals surface area contributed by atoms with Crippen molar-refractivity contribution in [3.8, 4) is 11.3 Å². The molecule has 2 N–H and O–H groups in total. The molecule has 0 unspecified atom stereocenters. The van der Waals surface area contributed by atoms with Crippen LogP contribution in [0.25, 0.3) is 11.3 Å². The molecule has 0 spiro atoms. The van der Waals surface area contributed by atoms with E-state index in [9.17, 15) is 8.78 Å². The van der Waals surface area contributed by atoms with Gasteiger partial charge >= 0.3 is 0 Å². The molecule has 2 aromatic carbocycles. The average molecular weight is 302 g/mol. The van der Waals surface area contributed by atoms with Crippen molar-refractivity contribution in [1.82, 2.24) is 4.98 Å². The standard InChI is InChI=1S/C16H12F2N2S/c17-11-3-6-13(14(18)8-11)15-9-21-16(20-15)7-10-1-4-12(19)5-2-10/h1-6,8-9H,7,19H2. The molecule has 0 fully saturated rings. The van der Waals surface area contributed by atoms with Gasteiger partial charge in [0.25, 0.3) is 0 Å². The van der Waals surface area contributed by atoms with E-state index in [0.29, 0.717) is 23.4 Å². The molecular formula is C16H12F2N2S. The van der Waals surface area contributed by atoms with Gasteiger partial charge in [0, 0.05) is 29.1 Å². The summed E-state index contributed by atoms with van der Waals surface area (Å²) in [7, 11) is 0. The van der Waals surface area contributed by atoms with Gasteiger partial charge < -0.3 is 5.73 Å². The third kappa shape index (κ3) is 3.08. The second kappa shape index (κ2) is 5.61. The molecule has 0 bridgehead atoms. The lowest BCUT2D eigenvalue weighted by Gasteiger charge is -2.00. The normalized spacial score (nSPS) is 10.8. The summed E-state index contributed by atoms with van der Waals surface area (Å²) in [5.41, 5.74) is 8.29. The Morgan fingerprint density at radius 1 is 1.05 bits per heavy atom. The molecule has 0 amide bonds. The lowest BCUT2D eigenvalue weighted by molar-refractivity contribution is 0.585. The molecule has 0 atom stereocenters. The fourth-order valence-corrected chi connectivity index (χ4v) is 2.85. The molecule has 1 aromatic heterocycles. The zero-order valence-corrected chi connectivity index (χ0v) is 11.8. The van der Waals surface area contributed by atoms with E-state index in [0.717, 1.165) is 16.6 Å². The Hall–Kier alpha value is -2.27. The van der Waals surface area contributed by atoms with E-state index in [1.54, 1.807) is 5.38 Å². The summed E-state index contributed by atoms with van der Waals surface area (Å²) < 4.78 is 26.6. The van der Waals surface area contributed by atoms with E-state index < -0.39 is 11.6 Å². The smallest absolute Gasteiger partial charge is 0.135 e. The van der Waals surface area contributed by atoms with Gasteiger partial charge in [-0.15, -0.1) is 11.3 Å². The maximum Gasteiger partial charge on any atom is 0.135 e. The zero-order chi connectivity index (χ0) is 14.8. The molecule has 1 heterocycles. The van der Waals surface area contributed by atoms with Gasteiger partial charge in [0.2, 0.25) is 0 Å². The van der Waals surface area contributed by atoms with Gasteiger partial charge in [-0.3, -0.25) is 0 Å². The van der Waals surface area contributed by atoms with Crippen molar-refractivity contribution in [2.45, 2.75) is 6.42 Å². The van der Waals surface area contributed by atoms with Crippen LogP contribution >= 0.6 is 11.3 Å². The summed E-state index contributed by atoms with van der Waals surface area (Å²) in [5.74, 6) is -1.19. The van der Waals surface area contributed by atoms with E-state index in [1.165, 1.54) is 23.5 Å². The number of rotatable bonds is 3. The first-order chi connectivity index (χ1) is 10.1. The van der Waals surface area contributed by atoms with Gasteiger partial charge in [-0.25, -0.2) is 13.8 Å². The second-order valence-corrected chi connectivity index (χ2v) is 5.61. The Morgan fingerprint density at radius 2 is 1.81 bits per heavy atom. The minimum Gasteiger partial charge on any atom is -0.399 e. The van der Waals surface area contributed by atoms with Crippen LogP contribution < -0.4 is 5.73 Å².